The van der Waals surface area contributed by atoms with E-state index in [9.17, 15) is 5.11 Å². The molecule has 3 aromatic carbocycles. The molecule has 24 heavy (non-hydrogen) atoms. The van der Waals surface area contributed by atoms with Crippen LogP contribution in [0.3, 0.4) is 0 Å². The number of benzene rings is 3. The molecule has 0 bridgehead atoms. The molecule has 0 amide bonds. The zero-order valence-corrected chi connectivity index (χ0v) is 13.9. The van der Waals surface area contributed by atoms with Crippen LogP contribution >= 0.6 is 0 Å². The van der Waals surface area contributed by atoms with Gasteiger partial charge < -0.3 is 9.84 Å². The lowest BCUT2D eigenvalue weighted by atomic mass is 9.80. The van der Waals surface area contributed by atoms with E-state index in [2.05, 4.69) is 0 Å². The van der Waals surface area contributed by atoms with Crippen molar-refractivity contribution in [1.82, 2.24) is 0 Å². The van der Waals surface area contributed by atoms with Gasteiger partial charge in [-0.2, -0.15) is 0 Å². The van der Waals surface area contributed by atoms with Crippen LogP contribution in [-0.2, 0) is 16.9 Å². The largest absolute Gasteiger partial charge is 0.377 e. The Hall–Kier alpha value is -2.42. The van der Waals surface area contributed by atoms with Crippen LogP contribution in [0, 0.1) is 0 Å². The summed E-state index contributed by atoms with van der Waals surface area (Å²) >= 11 is 0. The molecule has 0 spiro atoms. The quantitative estimate of drug-likeness (QED) is 0.678. The Kier molecular flexibility index (Phi) is 5.09. The summed E-state index contributed by atoms with van der Waals surface area (Å²) in [7, 11) is 0. The van der Waals surface area contributed by atoms with Gasteiger partial charge in [0.15, 0.2) is 0 Å². The normalized spacial score (nSPS) is 11.4. The first-order chi connectivity index (χ1) is 11.7. The fourth-order valence-electron chi connectivity index (χ4n) is 2.92. The summed E-state index contributed by atoms with van der Waals surface area (Å²) in [5, 5.41) is 11.7. The first-order valence-electron chi connectivity index (χ1n) is 8.25. The third-order valence-electron chi connectivity index (χ3n) is 4.23. The van der Waals surface area contributed by atoms with E-state index < -0.39 is 5.60 Å². The second kappa shape index (κ2) is 7.43. The lowest BCUT2D eigenvalue weighted by Crippen LogP contribution is -2.28. The summed E-state index contributed by atoms with van der Waals surface area (Å²) in [5.74, 6) is 0. The van der Waals surface area contributed by atoms with E-state index in [1.807, 2.05) is 91.9 Å². The van der Waals surface area contributed by atoms with Gasteiger partial charge in [-0.1, -0.05) is 84.9 Å². The minimum atomic E-state index is -1.17. The molecule has 0 atom stereocenters. The molecule has 2 nitrogen and oxygen atoms in total. The number of rotatable bonds is 6. The summed E-state index contributed by atoms with van der Waals surface area (Å²) < 4.78 is 5.45. The molecule has 0 unspecified atom stereocenters. The highest BCUT2D eigenvalue weighted by Gasteiger charge is 2.33. The topological polar surface area (TPSA) is 29.5 Å². The molecule has 0 aliphatic rings. The van der Waals surface area contributed by atoms with Crippen molar-refractivity contribution in [2.24, 2.45) is 0 Å². The fourth-order valence-corrected chi connectivity index (χ4v) is 2.92. The van der Waals surface area contributed by atoms with Gasteiger partial charge in [0.2, 0.25) is 0 Å². The van der Waals surface area contributed by atoms with Crippen molar-refractivity contribution in [3.63, 3.8) is 0 Å². The van der Waals surface area contributed by atoms with Gasteiger partial charge in [-0.05, 0) is 29.2 Å². The number of hydrogen-bond donors (Lipinski definition) is 1. The Morgan fingerprint density at radius 2 is 1.17 bits per heavy atom. The molecule has 0 fully saturated rings. The maximum absolute atomic E-state index is 11.7. The standard InChI is InChI=1S/C22H22O2/c1-2-24-17-18-13-15-21(16-14-18)22(23,19-9-5-3-6-10-19)20-11-7-4-8-12-20/h3-16,23H,2,17H2,1H3. The minimum absolute atomic E-state index is 0.589. The van der Waals surface area contributed by atoms with Crippen molar-refractivity contribution in [1.29, 1.82) is 0 Å². The van der Waals surface area contributed by atoms with Crippen molar-refractivity contribution in [2.75, 3.05) is 6.61 Å². The van der Waals surface area contributed by atoms with Crippen molar-refractivity contribution < 1.29 is 9.84 Å². The first-order valence-corrected chi connectivity index (χ1v) is 8.25. The van der Waals surface area contributed by atoms with E-state index in [4.69, 9.17) is 4.74 Å². The van der Waals surface area contributed by atoms with Gasteiger partial charge in [-0.3, -0.25) is 0 Å². The summed E-state index contributed by atoms with van der Waals surface area (Å²) in [4.78, 5) is 0. The van der Waals surface area contributed by atoms with Gasteiger partial charge in [0.05, 0.1) is 6.61 Å². The molecule has 0 saturated heterocycles. The Morgan fingerprint density at radius 3 is 1.62 bits per heavy atom. The molecular weight excluding hydrogens is 296 g/mol. The van der Waals surface area contributed by atoms with E-state index in [0.717, 1.165) is 22.3 Å². The van der Waals surface area contributed by atoms with Crippen molar-refractivity contribution in [3.05, 3.63) is 107 Å². The molecule has 0 aromatic heterocycles. The lowest BCUT2D eigenvalue weighted by molar-refractivity contribution is 0.125. The molecule has 0 saturated carbocycles. The van der Waals surface area contributed by atoms with Crippen LogP contribution in [0.2, 0.25) is 0 Å². The molecule has 3 rings (SSSR count). The van der Waals surface area contributed by atoms with Crippen molar-refractivity contribution in [3.8, 4) is 0 Å². The predicted molar refractivity (Wildman–Crippen MR) is 96.8 cm³/mol. The maximum Gasteiger partial charge on any atom is 0.140 e. The molecule has 0 heterocycles. The van der Waals surface area contributed by atoms with E-state index >= 15 is 0 Å². The molecule has 0 aliphatic carbocycles. The Labute approximate surface area is 143 Å². The van der Waals surface area contributed by atoms with Crippen LogP contribution < -0.4 is 0 Å². The summed E-state index contributed by atoms with van der Waals surface area (Å²) in [6.07, 6.45) is 0. The molecule has 1 N–H and O–H groups in total. The first kappa shape index (κ1) is 16.4. The fraction of sp³-hybridized carbons (Fsp3) is 0.182. The SMILES string of the molecule is CCOCc1ccc(C(O)(c2ccccc2)c2ccccc2)cc1. The van der Waals surface area contributed by atoms with Gasteiger partial charge in [0.25, 0.3) is 0 Å². The van der Waals surface area contributed by atoms with E-state index in [-0.39, 0.29) is 0 Å². The van der Waals surface area contributed by atoms with Gasteiger partial charge >= 0.3 is 0 Å². The monoisotopic (exact) mass is 318 g/mol. The van der Waals surface area contributed by atoms with Crippen LogP contribution in [0.4, 0.5) is 0 Å². The molecule has 2 heteroatoms. The number of aliphatic hydroxyl groups is 1. The highest BCUT2D eigenvalue weighted by atomic mass is 16.5. The molecule has 3 aromatic rings. The van der Waals surface area contributed by atoms with Gasteiger partial charge in [0.1, 0.15) is 5.60 Å². The third kappa shape index (κ3) is 3.25. The Bertz CT molecular complexity index is 709. The second-order valence-electron chi connectivity index (χ2n) is 5.78. The zero-order chi connectivity index (χ0) is 16.8. The van der Waals surface area contributed by atoms with Crippen LogP contribution in [0.15, 0.2) is 84.9 Å². The lowest BCUT2D eigenvalue weighted by Gasteiger charge is -2.30. The Morgan fingerprint density at radius 1 is 0.708 bits per heavy atom. The van der Waals surface area contributed by atoms with Gasteiger partial charge in [-0.15, -0.1) is 0 Å². The van der Waals surface area contributed by atoms with Crippen molar-refractivity contribution in [2.45, 2.75) is 19.1 Å². The van der Waals surface area contributed by atoms with E-state index in [1.54, 1.807) is 0 Å². The van der Waals surface area contributed by atoms with Gasteiger partial charge in [-0.25, -0.2) is 0 Å². The molecule has 122 valence electrons. The molecule has 0 aliphatic heterocycles. The van der Waals surface area contributed by atoms with Gasteiger partial charge in [0, 0.05) is 6.61 Å². The van der Waals surface area contributed by atoms with Crippen LogP contribution in [0.1, 0.15) is 29.2 Å². The smallest absolute Gasteiger partial charge is 0.140 e. The highest BCUT2D eigenvalue weighted by Crippen LogP contribution is 2.36. The van der Waals surface area contributed by atoms with E-state index in [0.29, 0.717) is 13.2 Å². The number of ether oxygens (including phenoxy) is 1. The van der Waals surface area contributed by atoms with Crippen LogP contribution in [-0.4, -0.2) is 11.7 Å². The number of hydrogen-bond acceptors (Lipinski definition) is 2. The predicted octanol–water partition coefficient (Wildman–Crippen LogP) is 4.51. The highest BCUT2D eigenvalue weighted by molar-refractivity contribution is 5.47. The molecular formula is C22H22O2. The van der Waals surface area contributed by atoms with Crippen LogP contribution in [0.25, 0.3) is 0 Å². The second-order valence-corrected chi connectivity index (χ2v) is 5.78. The average molecular weight is 318 g/mol. The van der Waals surface area contributed by atoms with Crippen molar-refractivity contribution >= 4 is 0 Å². The summed E-state index contributed by atoms with van der Waals surface area (Å²) in [5.41, 5.74) is 2.49. The van der Waals surface area contributed by atoms with E-state index in [1.165, 1.54) is 0 Å². The summed E-state index contributed by atoms with van der Waals surface area (Å²) in [6, 6.07) is 27.6. The van der Waals surface area contributed by atoms with Crippen LogP contribution in [0.5, 0.6) is 0 Å². The summed E-state index contributed by atoms with van der Waals surface area (Å²) in [6.45, 7) is 3.27. The minimum Gasteiger partial charge on any atom is -0.377 e. The maximum atomic E-state index is 11.7. The average Bonchev–Trinajstić information content (AvgIpc) is 2.67. The molecule has 0 radical (unpaired) electrons. The third-order valence-corrected chi connectivity index (χ3v) is 4.23. The Balaban J connectivity index is 2.06. The zero-order valence-electron chi connectivity index (χ0n) is 13.9.